The lowest BCUT2D eigenvalue weighted by atomic mass is 10.0. The van der Waals surface area contributed by atoms with Gasteiger partial charge < -0.3 is 10.1 Å². The van der Waals surface area contributed by atoms with Crippen molar-refractivity contribution in [2.45, 2.75) is 38.4 Å². The number of fused-ring (bicyclic) bond motifs is 1. The van der Waals surface area contributed by atoms with Gasteiger partial charge in [0.2, 0.25) is 11.3 Å². The van der Waals surface area contributed by atoms with Crippen molar-refractivity contribution in [1.82, 2.24) is 20.0 Å². The Kier molecular flexibility index (Phi) is 6.62. The number of hydrogen-bond donors (Lipinski definition) is 1. The molecule has 7 heteroatoms. The summed E-state index contributed by atoms with van der Waals surface area (Å²) in [5.41, 5.74) is 1.84. The SMILES string of the molecule is COc1ccccc1CN1CCC(NC(=O)CCn2ncc(=O)c3ccccc32)CC1. The smallest absolute Gasteiger partial charge is 0.222 e. The molecule has 0 spiro atoms. The number of carbonyl (C=O) groups excluding carboxylic acids is 1. The second kappa shape index (κ2) is 9.75. The minimum absolute atomic E-state index is 0.0211. The number of benzene rings is 2. The van der Waals surface area contributed by atoms with Crippen molar-refractivity contribution in [3.05, 3.63) is 70.5 Å². The number of likely N-dealkylation sites (tertiary alicyclic amines) is 1. The maximum atomic E-state index is 12.5. The van der Waals surface area contributed by atoms with E-state index in [0.29, 0.717) is 18.4 Å². The Morgan fingerprint density at radius 2 is 1.87 bits per heavy atom. The minimum atomic E-state index is -0.101. The molecule has 1 fully saturated rings. The summed E-state index contributed by atoms with van der Waals surface area (Å²) in [7, 11) is 1.70. The molecule has 1 amide bonds. The highest BCUT2D eigenvalue weighted by Crippen LogP contribution is 2.21. The summed E-state index contributed by atoms with van der Waals surface area (Å²) in [5, 5.41) is 7.98. The van der Waals surface area contributed by atoms with Gasteiger partial charge in [0, 0.05) is 43.0 Å². The van der Waals surface area contributed by atoms with Gasteiger partial charge in [-0.3, -0.25) is 19.2 Å². The van der Waals surface area contributed by atoms with E-state index in [2.05, 4.69) is 21.4 Å². The molecule has 4 rings (SSSR count). The number of amides is 1. The van der Waals surface area contributed by atoms with E-state index in [0.717, 1.165) is 43.7 Å². The number of para-hydroxylation sites is 2. The number of nitrogens with one attached hydrogen (secondary N) is 1. The fourth-order valence-electron chi connectivity index (χ4n) is 4.16. The number of ether oxygens (including phenoxy) is 1. The van der Waals surface area contributed by atoms with Crippen molar-refractivity contribution in [2.24, 2.45) is 0 Å². The lowest BCUT2D eigenvalue weighted by molar-refractivity contribution is -0.122. The summed E-state index contributed by atoms with van der Waals surface area (Å²) in [6.07, 6.45) is 3.51. The van der Waals surface area contributed by atoms with Gasteiger partial charge in [0.1, 0.15) is 5.75 Å². The molecule has 0 atom stereocenters. The fraction of sp³-hybridized carbons (Fsp3) is 0.375. The summed E-state index contributed by atoms with van der Waals surface area (Å²) >= 11 is 0. The first-order valence-electron chi connectivity index (χ1n) is 10.7. The summed E-state index contributed by atoms with van der Waals surface area (Å²) in [4.78, 5) is 26.8. The maximum absolute atomic E-state index is 12.5. The van der Waals surface area contributed by atoms with Crippen LogP contribution in [0, 0.1) is 0 Å². The first-order valence-corrected chi connectivity index (χ1v) is 10.7. The molecule has 0 radical (unpaired) electrons. The number of aromatic nitrogens is 2. The van der Waals surface area contributed by atoms with E-state index < -0.39 is 0 Å². The molecule has 0 unspecified atom stereocenters. The first-order chi connectivity index (χ1) is 15.1. The van der Waals surface area contributed by atoms with Crippen molar-refractivity contribution >= 4 is 16.8 Å². The molecule has 162 valence electrons. The Morgan fingerprint density at radius 3 is 2.68 bits per heavy atom. The molecule has 0 aliphatic carbocycles. The summed E-state index contributed by atoms with van der Waals surface area (Å²) in [6, 6.07) is 15.7. The third kappa shape index (κ3) is 5.11. The van der Waals surface area contributed by atoms with Gasteiger partial charge in [-0.1, -0.05) is 30.3 Å². The largest absolute Gasteiger partial charge is 0.496 e. The highest BCUT2D eigenvalue weighted by atomic mass is 16.5. The van der Waals surface area contributed by atoms with Crippen molar-refractivity contribution in [1.29, 1.82) is 0 Å². The fourth-order valence-corrected chi connectivity index (χ4v) is 4.16. The average molecular weight is 421 g/mol. The topological polar surface area (TPSA) is 76.5 Å². The molecule has 31 heavy (non-hydrogen) atoms. The molecule has 1 N–H and O–H groups in total. The van der Waals surface area contributed by atoms with Gasteiger partial charge in [0.05, 0.1) is 25.4 Å². The lowest BCUT2D eigenvalue weighted by Gasteiger charge is -2.32. The van der Waals surface area contributed by atoms with E-state index in [1.165, 1.54) is 11.8 Å². The molecule has 1 aliphatic heterocycles. The summed E-state index contributed by atoms with van der Waals surface area (Å²) < 4.78 is 7.18. The highest BCUT2D eigenvalue weighted by Gasteiger charge is 2.21. The molecular formula is C24H28N4O3. The van der Waals surface area contributed by atoms with E-state index in [1.807, 2.05) is 36.4 Å². The number of piperidine rings is 1. The number of aryl methyl sites for hydroxylation is 1. The van der Waals surface area contributed by atoms with Crippen molar-refractivity contribution in [3.8, 4) is 5.75 Å². The van der Waals surface area contributed by atoms with Crippen LogP contribution in [0.2, 0.25) is 0 Å². The van der Waals surface area contributed by atoms with E-state index in [4.69, 9.17) is 4.74 Å². The second-order valence-electron chi connectivity index (χ2n) is 7.93. The number of methoxy groups -OCH3 is 1. The second-order valence-corrected chi connectivity index (χ2v) is 7.93. The van der Waals surface area contributed by atoms with Crippen LogP contribution in [-0.2, 0) is 17.9 Å². The van der Waals surface area contributed by atoms with Crippen molar-refractivity contribution in [3.63, 3.8) is 0 Å². The standard InChI is InChI=1S/C24H28N4O3/c1-31-23-9-5-2-6-18(23)17-27-13-10-19(11-14-27)26-24(30)12-15-28-21-8-4-3-7-20(21)22(29)16-25-28/h2-9,16,19H,10-15,17H2,1H3,(H,26,30). The average Bonchev–Trinajstić information content (AvgIpc) is 2.80. The van der Waals surface area contributed by atoms with Gasteiger partial charge in [0.15, 0.2) is 0 Å². The molecule has 7 nitrogen and oxygen atoms in total. The van der Waals surface area contributed by atoms with E-state index in [1.54, 1.807) is 17.9 Å². The molecule has 3 aromatic rings. The van der Waals surface area contributed by atoms with Gasteiger partial charge in [-0.05, 0) is 31.0 Å². The van der Waals surface area contributed by atoms with Crippen LogP contribution in [0.5, 0.6) is 5.75 Å². The Bertz CT molecular complexity index is 1100. The van der Waals surface area contributed by atoms with Gasteiger partial charge in [-0.25, -0.2) is 0 Å². The first kappa shape index (κ1) is 21.1. The Morgan fingerprint density at radius 1 is 1.13 bits per heavy atom. The van der Waals surface area contributed by atoms with Gasteiger partial charge in [-0.15, -0.1) is 0 Å². The lowest BCUT2D eigenvalue weighted by Crippen LogP contribution is -2.44. The molecule has 1 aromatic heterocycles. The van der Waals surface area contributed by atoms with Crippen LogP contribution in [0.25, 0.3) is 10.9 Å². The Hall–Kier alpha value is -3.19. The predicted octanol–water partition coefficient (Wildman–Crippen LogP) is 2.58. The third-order valence-electron chi connectivity index (χ3n) is 5.85. The number of hydrogen-bond acceptors (Lipinski definition) is 5. The quantitative estimate of drug-likeness (QED) is 0.636. The molecule has 1 saturated heterocycles. The van der Waals surface area contributed by atoms with E-state index >= 15 is 0 Å². The molecular weight excluding hydrogens is 392 g/mol. The van der Waals surface area contributed by atoms with Crippen LogP contribution in [0.3, 0.4) is 0 Å². The zero-order chi connectivity index (χ0) is 21.6. The Balaban J connectivity index is 1.26. The van der Waals surface area contributed by atoms with Crippen LogP contribution < -0.4 is 15.5 Å². The molecule has 1 aliphatic rings. The molecule has 2 heterocycles. The van der Waals surface area contributed by atoms with Crippen molar-refractivity contribution < 1.29 is 9.53 Å². The number of nitrogens with zero attached hydrogens (tertiary/aromatic N) is 3. The zero-order valence-electron chi connectivity index (χ0n) is 17.8. The normalized spacial score (nSPS) is 15.1. The van der Waals surface area contributed by atoms with Crippen LogP contribution in [-0.4, -0.2) is 46.8 Å². The monoisotopic (exact) mass is 420 g/mol. The van der Waals surface area contributed by atoms with Gasteiger partial charge in [0.25, 0.3) is 0 Å². The van der Waals surface area contributed by atoms with E-state index in [-0.39, 0.29) is 17.4 Å². The molecule has 2 aromatic carbocycles. The highest BCUT2D eigenvalue weighted by molar-refractivity contribution is 5.79. The van der Waals surface area contributed by atoms with Crippen LogP contribution in [0.4, 0.5) is 0 Å². The van der Waals surface area contributed by atoms with Crippen molar-refractivity contribution in [2.75, 3.05) is 20.2 Å². The Labute approximate surface area is 181 Å². The van der Waals surface area contributed by atoms with Crippen LogP contribution in [0.15, 0.2) is 59.5 Å². The minimum Gasteiger partial charge on any atom is -0.496 e. The third-order valence-corrected chi connectivity index (χ3v) is 5.85. The summed E-state index contributed by atoms with van der Waals surface area (Å²) in [6.45, 7) is 3.18. The predicted molar refractivity (Wildman–Crippen MR) is 120 cm³/mol. The zero-order valence-corrected chi connectivity index (χ0v) is 17.8. The van der Waals surface area contributed by atoms with Crippen LogP contribution >= 0.6 is 0 Å². The van der Waals surface area contributed by atoms with Gasteiger partial charge in [-0.2, -0.15) is 5.10 Å². The van der Waals surface area contributed by atoms with Gasteiger partial charge >= 0.3 is 0 Å². The summed E-state index contributed by atoms with van der Waals surface area (Å²) in [5.74, 6) is 0.939. The van der Waals surface area contributed by atoms with Crippen LogP contribution in [0.1, 0.15) is 24.8 Å². The molecule has 0 bridgehead atoms. The number of rotatable bonds is 7. The maximum Gasteiger partial charge on any atom is 0.222 e. The van der Waals surface area contributed by atoms with E-state index in [9.17, 15) is 9.59 Å². The molecule has 0 saturated carbocycles. The number of carbonyl (C=O) groups is 1.